The monoisotopic (exact) mass is 377 g/mol. The molecule has 0 radical (unpaired) electrons. The van der Waals surface area contributed by atoms with Gasteiger partial charge in [-0.05, 0) is 29.9 Å². The van der Waals surface area contributed by atoms with Gasteiger partial charge in [-0.2, -0.15) is 0 Å². The first-order valence-electron chi connectivity index (χ1n) is 8.48. The van der Waals surface area contributed by atoms with Crippen molar-refractivity contribution in [3.63, 3.8) is 0 Å². The zero-order valence-corrected chi connectivity index (χ0v) is 15.3. The summed E-state index contributed by atoms with van der Waals surface area (Å²) in [6, 6.07) is 7.88. The number of esters is 1. The van der Waals surface area contributed by atoms with E-state index in [1.165, 1.54) is 22.7 Å². The van der Waals surface area contributed by atoms with Gasteiger partial charge in [-0.3, -0.25) is 4.90 Å². The summed E-state index contributed by atoms with van der Waals surface area (Å²) in [5, 5.41) is 15.0. The Kier molecular flexibility index (Phi) is 3.59. The van der Waals surface area contributed by atoms with Crippen LogP contribution >= 0.6 is 22.7 Å². The molecule has 3 saturated heterocycles. The summed E-state index contributed by atoms with van der Waals surface area (Å²) >= 11 is 2.73. The Balaban J connectivity index is 1.39. The molecule has 5 nitrogen and oxygen atoms in total. The largest absolute Gasteiger partial charge is 0.460 e. The lowest BCUT2D eigenvalue weighted by Crippen LogP contribution is -2.49. The van der Waals surface area contributed by atoms with E-state index in [-0.39, 0.29) is 6.10 Å². The van der Waals surface area contributed by atoms with Crippen molar-refractivity contribution in [3.05, 3.63) is 44.8 Å². The summed E-state index contributed by atoms with van der Waals surface area (Å²) < 4.78 is 11.5. The zero-order chi connectivity index (χ0) is 17.2. The molecule has 7 heteroatoms. The van der Waals surface area contributed by atoms with Gasteiger partial charge in [-0.15, -0.1) is 22.7 Å². The maximum Gasteiger partial charge on any atom is 0.349 e. The third kappa shape index (κ3) is 2.34. The third-order valence-corrected chi connectivity index (χ3v) is 7.66. The fourth-order valence-electron chi connectivity index (χ4n) is 4.32. The van der Waals surface area contributed by atoms with E-state index in [0.717, 1.165) is 12.8 Å². The highest BCUT2D eigenvalue weighted by Gasteiger charge is 2.63. The summed E-state index contributed by atoms with van der Waals surface area (Å²) in [5.41, 5.74) is -1.72. The summed E-state index contributed by atoms with van der Waals surface area (Å²) in [4.78, 5) is 16.6. The van der Waals surface area contributed by atoms with Crippen LogP contribution in [-0.4, -0.2) is 53.4 Å². The van der Waals surface area contributed by atoms with Gasteiger partial charge in [-0.25, -0.2) is 4.79 Å². The SMILES string of the molecule is CN1[C@@H]2CC(OC(=O)C(O)(c3cccs3)c3cccs3)C[C@H]1[C@H]1O[C@H]12. The number of epoxide rings is 1. The lowest BCUT2D eigenvalue weighted by molar-refractivity contribution is -0.171. The van der Waals surface area contributed by atoms with E-state index in [1.807, 2.05) is 22.9 Å². The lowest BCUT2D eigenvalue weighted by Gasteiger charge is -2.38. The number of hydrogen-bond donors (Lipinski definition) is 1. The van der Waals surface area contributed by atoms with Gasteiger partial charge in [-0.1, -0.05) is 12.1 Å². The number of carbonyl (C=O) groups excluding carboxylic acids is 1. The van der Waals surface area contributed by atoms with Crippen LogP contribution in [-0.2, 0) is 19.9 Å². The van der Waals surface area contributed by atoms with Crippen LogP contribution < -0.4 is 0 Å². The number of thiophene rings is 2. The third-order valence-electron chi connectivity index (χ3n) is 5.70. The maximum absolute atomic E-state index is 13.0. The Morgan fingerprint density at radius 1 is 1.20 bits per heavy atom. The highest BCUT2D eigenvalue weighted by Crippen LogP contribution is 2.48. The van der Waals surface area contributed by atoms with E-state index in [0.29, 0.717) is 34.0 Å². The van der Waals surface area contributed by atoms with Gasteiger partial charge in [0.25, 0.3) is 0 Å². The quantitative estimate of drug-likeness (QED) is 0.654. The second-order valence-electron chi connectivity index (χ2n) is 7.03. The van der Waals surface area contributed by atoms with Crippen LogP contribution in [0, 0.1) is 0 Å². The van der Waals surface area contributed by atoms with E-state index in [9.17, 15) is 9.90 Å². The normalized spacial score (nSPS) is 33.9. The van der Waals surface area contributed by atoms with Crippen LogP contribution in [0.5, 0.6) is 0 Å². The summed E-state index contributed by atoms with van der Waals surface area (Å²) in [6.07, 6.45) is 1.97. The minimum Gasteiger partial charge on any atom is -0.460 e. The van der Waals surface area contributed by atoms with Crippen molar-refractivity contribution in [1.29, 1.82) is 0 Å². The molecule has 25 heavy (non-hydrogen) atoms. The minimum absolute atomic E-state index is 0.165. The molecular weight excluding hydrogens is 358 g/mol. The maximum atomic E-state index is 13.0. The topological polar surface area (TPSA) is 62.3 Å². The molecule has 5 heterocycles. The average Bonchev–Trinajstić information content (AvgIpc) is 2.97. The van der Waals surface area contributed by atoms with Crippen LogP contribution in [0.4, 0.5) is 0 Å². The number of aliphatic hydroxyl groups is 1. The molecule has 5 rings (SSSR count). The van der Waals surface area contributed by atoms with Crippen molar-refractivity contribution < 1.29 is 19.4 Å². The molecule has 1 N–H and O–H groups in total. The molecule has 2 aromatic heterocycles. The number of hydrogen-bond acceptors (Lipinski definition) is 7. The number of carbonyl (C=O) groups is 1. The van der Waals surface area contributed by atoms with E-state index in [2.05, 4.69) is 11.9 Å². The van der Waals surface area contributed by atoms with E-state index in [4.69, 9.17) is 9.47 Å². The molecule has 3 aliphatic heterocycles. The second kappa shape index (κ2) is 5.62. The smallest absolute Gasteiger partial charge is 0.349 e. The van der Waals surface area contributed by atoms with E-state index < -0.39 is 11.6 Å². The molecular formula is C18H19NO4S2. The molecule has 132 valence electrons. The second-order valence-corrected chi connectivity index (χ2v) is 8.92. The molecule has 0 amide bonds. The van der Waals surface area contributed by atoms with Crippen LogP contribution in [0.25, 0.3) is 0 Å². The van der Waals surface area contributed by atoms with Crippen molar-refractivity contribution >= 4 is 28.6 Å². The summed E-state index contributed by atoms with van der Waals surface area (Å²) in [7, 11) is 2.12. The number of nitrogens with zero attached hydrogens (tertiary/aromatic N) is 1. The Morgan fingerprint density at radius 2 is 1.76 bits per heavy atom. The van der Waals surface area contributed by atoms with E-state index >= 15 is 0 Å². The Hall–Kier alpha value is -1.25. The standard InChI is InChI=1S/C18H19NO4S2/c1-19-11-8-10(9-12(19)16-15(11)23-16)22-17(20)18(21,13-4-2-6-24-13)14-5-3-7-25-14/h2-7,10-12,15-16,21H,8-9H2,1H3/t10?,11-,12+,15+,16-. The number of morpholine rings is 1. The highest BCUT2D eigenvalue weighted by atomic mass is 32.1. The molecule has 0 aromatic carbocycles. The van der Waals surface area contributed by atoms with E-state index in [1.54, 1.807) is 12.1 Å². The van der Waals surface area contributed by atoms with Gasteiger partial charge in [0.2, 0.25) is 5.60 Å². The Labute approximate surface area is 153 Å². The van der Waals surface area contributed by atoms with Crippen molar-refractivity contribution in [2.24, 2.45) is 0 Å². The van der Waals surface area contributed by atoms with Gasteiger partial charge in [0.15, 0.2) is 0 Å². The van der Waals surface area contributed by atoms with Gasteiger partial charge < -0.3 is 14.6 Å². The molecule has 5 atom stereocenters. The summed E-state index contributed by atoms with van der Waals surface area (Å²) in [5.74, 6) is -0.569. The molecule has 3 fully saturated rings. The van der Waals surface area contributed by atoms with Gasteiger partial charge in [0, 0.05) is 24.9 Å². The van der Waals surface area contributed by atoms with Crippen LogP contribution in [0.15, 0.2) is 35.0 Å². The summed E-state index contributed by atoms with van der Waals surface area (Å²) in [6.45, 7) is 0. The van der Waals surface area contributed by atoms with Crippen LogP contribution in [0.3, 0.4) is 0 Å². The Morgan fingerprint density at radius 3 is 2.24 bits per heavy atom. The fraction of sp³-hybridized carbons (Fsp3) is 0.500. The predicted molar refractivity (Wildman–Crippen MR) is 94.8 cm³/mol. The van der Waals surface area contributed by atoms with Gasteiger partial charge in [0.05, 0.1) is 9.75 Å². The van der Waals surface area contributed by atoms with Crippen molar-refractivity contribution in [2.75, 3.05) is 7.05 Å². The van der Waals surface area contributed by atoms with Crippen molar-refractivity contribution in [3.8, 4) is 0 Å². The average molecular weight is 377 g/mol. The fourth-order valence-corrected chi connectivity index (χ4v) is 6.04. The number of likely N-dealkylation sites (N-methyl/N-ethyl adjacent to an activating group) is 1. The lowest BCUT2D eigenvalue weighted by atomic mass is 9.97. The predicted octanol–water partition coefficient (Wildman–Crippen LogP) is 2.20. The molecule has 0 aliphatic carbocycles. The number of piperidine rings is 1. The number of fused-ring (bicyclic) bond motifs is 5. The minimum atomic E-state index is -1.72. The highest BCUT2D eigenvalue weighted by molar-refractivity contribution is 7.12. The first-order valence-corrected chi connectivity index (χ1v) is 10.2. The molecule has 2 bridgehead atoms. The molecule has 0 saturated carbocycles. The Bertz CT molecular complexity index is 723. The van der Waals surface area contributed by atoms with Crippen molar-refractivity contribution in [2.45, 2.75) is 48.8 Å². The molecule has 2 aromatic rings. The van der Waals surface area contributed by atoms with Crippen LogP contribution in [0.2, 0.25) is 0 Å². The first-order chi connectivity index (χ1) is 12.1. The molecule has 0 spiro atoms. The van der Waals surface area contributed by atoms with Gasteiger partial charge in [0.1, 0.15) is 18.3 Å². The first kappa shape index (κ1) is 16.0. The number of ether oxygens (including phenoxy) is 2. The van der Waals surface area contributed by atoms with Gasteiger partial charge >= 0.3 is 5.97 Å². The number of rotatable bonds is 4. The van der Waals surface area contributed by atoms with Crippen molar-refractivity contribution in [1.82, 2.24) is 4.90 Å². The zero-order valence-electron chi connectivity index (χ0n) is 13.7. The van der Waals surface area contributed by atoms with Crippen LogP contribution in [0.1, 0.15) is 22.6 Å². The molecule has 1 unspecified atom stereocenters. The molecule has 3 aliphatic rings.